The van der Waals surface area contributed by atoms with Gasteiger partial charge < -0.3 is 52.3 Å². The minimum Gasteiger partial charge on any atom is -0.481 e. The first-order valence-corrected chi connectivity index (χ1v) is 23.1. The Labute approximate surface area is 396 Å². The van der Waals surface area contributed by atoms with E-state index >= 15 is 0 Å². The van der Waals surface area contributed by atoms with E-state index in [-0.39, 0.29) is 71.0 Å². The molecule has 12 N–H and O–H groups in total. The number of carboxylic acids is 4. The van der Waals surface area contributed by atoms with Gasteiger partial charge >= 0.3 is 23.9 Å². The average Bonchev–Trinajstić information content (AvgIpc) is 3.28. The molecule has 0 bridgehead atoms. The Morgan fingerprint density at radius 3 is 1.07 bits per heavy atom. The fourth-order valence-electron chi connectivity index (χ4n) is 6.15. The van der Waals surface area contributed by atoms with Gasteiger partial charge in [-0.2, -0.15) is 46.7 Å². The lowest BCUT2D eigenvalue weighted by molar-refractivity contribution is -0.141. The second-order valence-electron chi connectivity index (χ2n) is 14.6. The molecule has 6 aromatic rings. The average molecular weight is 1000 g/mol. The maximum absolute atomic E-state index is 12.7. The van der Waals surface area contributed by atoms with Crippen molar-refractivity contribution in [3.05, 3.63) is 108 Å². The van der Waals surface area contributed by atoms with Crippen LogP contribution in [0.15, 0.2) is 107 Å². The number of para-hydroxylation sites is 2. The first kappa shape index (κ1) is 50.6. The summed E-state index contributed by atoms with van der Waals surface area (Å²) < 4.78 is 71.5. The highest BCUT2D eigenvalue weighted by Gasteiger charge is 2.24. The van der Waals surface area contributed by atoms with Crippen LogP contribution in [-0.2, 0) is 39.4 Å². The zero-order chi connectivity index (χ0) is 50.6. The van der Waals surface area contributed by atoms with Crippen LogP contribution in [0.5, 0.6) is 0 Å². The number of hydrogen-bond acceptors (Lipinski definition) is 20. The van der Waals surface area contributed by atoms with E-state index in [2.05, 4.69) is 61.8 Å². The second kappa shape index (κ2) is 22.3. The topological polar surface area (TPSA) is 407 Å². The van der Waals surface area contributed by atoms with Gasteiger partial charge in [0.2, 0.25) is 35.7 Å². The number of nitrogens with zero attached hydrogens (tertiary/aromatic N) is 6. The minimum absolute atomic E-state index is 0.0279. The molecular weight excluding hydrogens is 961 g/mol. The number of aliphatic carboxylic acids is 4. The number of aromatic nitrogens is 6. The van der Waals surface area contributed by atoms with E-state index < -0.39 is 78.8 Å². The normalized spacial score (nSPS) is 12.3. The van der Waals surface area contributed by atoms with Crippen molar-refractivity contribution in [2.75, 3.05) is 31.9 Å². The molecular formula is C42H40N12O14S2. The molecule has 26 nitrogen and oxygen atoms in total. The molecule has 0 radical (unpaired) electrons. The molecule has 0 saturated heterocycles. The molecule has 2 aromatic heterocycles. The zero-order valence-corrected chi connectivity index (χ0v) is 37.5. The molecule has 0 fully saturated rings. The number of carboxylic acid groups (broad SMARTS) is 4. The lowest BCUT2D eigenvalue weighted by Crippen LogP contribution is -2.31. The van der Waals surface area contributed by atoms with E-state index in [0.717, 1.165) is 24.3 Å². The number of rotatable bonds is 24. The maximum Gasteiger partial charge on any atom is 0.326 e. The van der Waals surface area contributed by atoms with Gasteiger partial charge in [0.05, 0.1) is 0 Å². The van der Waals surface area contributed by atoms with Crippen LogP contribution in [0.2, 0.25) is 0 Å². The molecule has 2 unspecified atom stereocenters. The van der Waals surface area contributed by atoms with Crippen molar-refractivity contribution in [3.8, 4) is 0 Å². The van der Waals surface area contributed by atoms with Crippen LogP contribution < -0.4 is 31.9 Å². The van der Waals surface area contributed by atoms with E-state index in [1.54, 1.807) is 60.7 Å². The zero-order valence-electron chi connectivity index (χ0n) is 35.8. The first-order valence-electron chi connectivity index (χ1n) is 20.2. The highest BCUT2D eigenvalue weighted by atomic mass is 32.2. The van der Waals surface area contributed by atoms with Crippen LogP contribution in [0.25, 0.3) is 12.2 Å². The molecule has 0 aliphatic rings. The Morgan fingerprint density at radius 1 is 0.457 bits per heavy atom. The SMILES string of the molecule is O=C(O)CCC(Nc1nc(Nc2ccccc2)nc(Nc2ccc(/C=C/c3ccc(Nc4nc(Nc5ccccc5)nc(NC(CCC(=O)O)C(=O)O)n4)cc3S(=O)(=O)O)c(S(=O)(=O)O)c2)n1)C(=O)O. The lowest BCUT2D eigenvalue weighted by Gasteiger charge is -2.16. The third kappa shape index (κ3) is 14.8. The van der Waals surface area contributed by atoms with Crippen molar-refractivity contribution in [1.82, 2.24) is 29.9 Å². The summed E-state index contributed by atoms with van der Waals surface area (Å²) in [6.45, 7) is 0. The summed E-state index contributed by atoms with van der Waals surface area (Å²) >= 11 is 0. The van der Waals surface area contributed by atoms with Gasteiger partial charge in [0, 0.05) is 35.6 Å². The van der Waals surface area contributed by atoms with E-state index in [4.69, 9.17) is 10.2 Å². The van der Waals surface area contributed by atoms with E-state index in [1.165, 1.54) is 24.3 Å². The van der Waals surface area contributed by atoms with E-state index in [0.29, 0.717) is 11.4 Å². The Bertz CT molecular complexity index is 2960. The van der Waals surface area contributed by atoms with E-state index in [9.17, 15) is 55.3 Å². The Morgan fingerprint density at radius 2 is 0.771 bits per heavy atom. The highest BCUT2D eigenvalue weighted by molar-refractivity contribution is 7.86. The van der Waals surface area contributed by atoms with Crippen LogP contribution in [0.3, 0.4) is 0 Å². The molecule has 0 spiro atoms. The summed E-state index contributed by atoms with van der Waals surface area (Å²) in [5, 5.41) is 54.1. The summed E-state index contributed by atoms with van der Waals surface area (Å²) in [7, 11) is -10.0. The van der Waals surface area contributed by atoms with Crippen molar-refractivity contribution in [2.45, 2.75) is 47.6 Å². The molecule has 2 heterocycles. The fraction of sp³-hybridized carbons (Fsp3) is 0.143. The van der Waals surface area contributed by atoms with Crippen LogP contribution >= 0.6 is 0 Å². The Kier molecular flexibility index (Phi) is 16.1. The monoisotopic (exact) mass is 1000 g/mol. The lowest BCUT2D eigenvalue weighted by atomic mass is 10.1. The molecule has 0 aliphatic heterocycles. The summed E-state index contributed by atoms with van der Waals surface area (Å²) in [6.07, 6.45) is 0.590. The minimum atomic E-state index is -5.02. The van der Waals surface area contributed by atoms with Gasteiger partial charge in [-0.3, -0.25) is 18.7 Å². The third-order valence-corrected chi connectivity index (χ3v) is 11.2. The predicted octanol–water partition coefficient (Wildman–Crippen LogP) is 5.15. The van der Waals surface area contributed by atoms with Crippen molar-refractivity contribution < 1.29 is 65.5 Å². The van der Waals surface area contributed by atoms with Crippen LogP contribution in [0.4, 0.5) is 58.4 Å². The van der Waals surface area contributed by atoms with Gasteiger partial charge in [0.1, 0.15) is 21.9 Å². The standard InChI is InChI=1S/C42H40N12O14S2/c55-33(56)19-17-29(35(59)60)47-41-51-37(43-25-7-3-1-4-8-25)49-39(53-41)45-27-15-13-23(31(21-27)69(63,64)65)11-12-24-14-16-28(22-32(24)70(66,67)68)46-40-50-38(44-26-9-5-2-6-10-26)52-42(54-40)48-30(36(61)62)18-20-34(57)58/h1-16,21-22,29-30H,17-20H2,(H,55,56)(H,57,58)(H,59,60)(H,61,62)(H,63,64,65)(H,66,67,68)(H3,43,45,47,49,51,53)(H3,44,46,48,50,52,54)/b12-11+. The largest absolute Gasteiger partial charge is 0.481 e. The van der Waals surface area contributed by atoms with Gasteiger partial charge in [-0.15, -0.1) is 0 Å². The summed E-state index contributed by atoms with van der Waals surface area (Å²) in [5.41, 5.74) is 0.629. The molecule has 28 heteroatoms. The van der Waals surface area contributed by atoms with Crippen LogP contribution in [0, 0.1) is 0 Å². The molecule has 0 saturated carbocycles. The van der Waals surface area contributed by atoms with Crippen molar-refractivity contribution in [2.24, 2.45) is 0 Å². The van der Waals surface area contributed by atoms with Gasteiger partial charge in [-0.1, -0.05) is 60.7 Å². The number of carbonyl (C=O) groups is 4. The second-order valence-corrected chi connectivity index (χ2v) is 17.3. The summed E-state index contributed by atoms with van der Waals surface area (Å²) in [4.78, 5) is 70.1. The summed E-state index contributed by atoms with van der Waals surface area (Å²) in [5.74, 6) is -6.64. The maximum atomic E-state index is 12.7. The Hall–Kier alpha value is -8.86. The number of hydrogen-bond donors (Lipinski definition) is 12. The molecule has 2 atom stereocenters. The van der Waals surface area contributed by atoms with Gasteiger partial charge in [-0.25, -0.2) is 9.59 Å². The molecule has 364 valence electrons. The molecule has 6 rings (SSSR count). The number of nitrogens with one attached hydrogen (secondary N) is 6. The number of anilines is 10. The summed E-state index contributed by atoms with van der Waals surface area (Å²) in [6, 6.07) is 21.3. The van der Waals surface area contributed by atoms with Crippen LogP contribution in [-0.4, -0.2) is 112 Å². The van der Waals surface area contributed by atoms with Crippen molar-refractivity contribution in [3.63, 3.8) is 0 Å². The van der Waals surface area contributed by atoms with Crippen LogP contribution in [0.1, 0.15) is 36.8 Å². The number of benzene rings is 4. The third-order valence-electron chi connectivity index (χ3n) is 9.36. The molecule has 4 aromatic carbocycles. The van der Waals surface area contributed by atoms with E-state index in [1.807, 2.05) is 0 Å². The fourth-order valence-corrected chi connectivity index (χ4v) is 7.57. The smallest absolute Gasteiger partial charge is 0.326 e. The Balaban J connectivity index is 1.29. The first-order chi connectivity index (χ1) is 33.2. The van der Waals surface area contributed by atoms with Gasteiger partial charge in [0.25, 0.3) is 20.2 Å². The molecule has 70 heavy (non-hydrogen) atoms. The molecule has 0 amide bonds. The predicted molar refractivity (Wildman–Crippen MR) is 251 cm³/mol. The van der Waals surface area contributed by atoms with Crippen molar-refractivity contribution in [1.29, 1.82) is 0 Å². The molecule has 0 aliphatic carbocycles. The van der Waals surface area contributed by atoms with Gasteiger partial charge in [-0.05, 0) is 72.5 Å². The highest BCUT2D eigenvalue weighted by Crippen LogP contribution is 2.29. The van der Waals surface area contributed by atoms with Gasteiger partial charge in [0.15, 0.2) is 0 Å². The van der Waals surface area contributed by atoms with Crippen molar-refractivity contribution >= 4 is 115 Å². The quantitative estimate of drug-likeness (QED) is 0.0275.